The lowest BCUT2D eigenvalue weighted by atomic mass is 9.83. The van der Waals surface area contributed by atoms with Crippen molar-refractivity contribution in [1.82, 2.24) is 4.57 Å². The molecule has 5 aliphatic carbocycles. The Bertz CT molecular complexity index is 2910. The second-order valence-corrected chi connectivity index (χ2v) is 20.1. The van der Waals surface area contributed by atoms with Gasteiger partial charge >= 0.3 is 0 Å². The Balaban J connectivity index is 1.12. The lowest BCUT2D eigenvalue weighted by Crippen LogP contribution is -2.27. The molecular weight excluding hydrogens is 785 g/mol. The van der Waals surface area contributed by atoms with Crippen molar-refractivity contribution in [1.29, 1.82) is 0 Å². The van der Waals surface area contributed by atoms with Gasteiger partial charge in [0, 0.05) is 55.5 Å². The van der Waals surface area contributed by atoms with Crippen molar-refractivity contribution < 1.29 is 0 Å². The van der Waals surface area contributed by atoms with Crippen LogP contribution >= 0.6 is 11.8 Å². The fourth-order valence-corrected chi connectivity index (χ4v) is 12.5. The highest BCUT2D eigenvalue weighted by Crippen LogP contribution is 2.59. The monoisotopic (exact) mass is 840 g/mol. The number of nitrogens with zero attached hydrogens (tertiary/aromatic N) is 4. The molecule has 0 saturated heterocycles. The number of aromatic nitrogens is 1. The minimum absolute atomic E-state index is 0.0224. The van der Waals surface area contributed by atoms with E-state index in [0.717, 1.165) is 74.4 Å². The number of allylic oxidation sites excluding steroid dienone is 17. The summed E-state index contributed by atoms with van der Waals surface area (Å²) < 4.78 is 2.47. The number of fused-ring (bicyclic) bond motifs is 7. The summed E-state index contributed by atoms with van der Waals surface area (Å²) in [4.78, 5) is 18.5. The van der Waals surface area contributed by atoms with Crippen LogP contribution < -0.4 is 0 Å². The summed E-state index contributed by atoms with van der Waals surface area (Å²) in [6.45, 7) is 9.25. The molecule has 314 valence electrons. The molecule has 1 aromatic heterocycles. The molecule has 4 aromatic rings. The van der Waals surface area contributed by atoms with E-state index in [1.807, 2.05) is 11.8 Å². The van der Waals surface area contributed by atoms with Gasteiger partial charge in [0.05, 0.1) is 23.0 Å². The van der Waals surface area contributed by atoms with E-state index >= 15 is 0 Å². The molecule has 7 atom stereocenters. The first-order valence-corrected chi connectivity index (χ1v) is 24.1. The largest absolute Gasteiger partial charge is 0.297 e. The van der Waals surface area contributed by atoms with Gasteiger partial charge in [-0.3, -0.25) is 9.56 Å². The fraction of sp³-hybridized carbons (Fsp3) is 0.293. The molecule has 3 heterocycles. The van der Waals surface area contributed by atoms with Crippen molar-refractivity contribution in [2.45, 2.75) is 92.7 Å². The van der Waals surface area contributed by atoms with Crippen LogP contribution in [-0.2, 0) is 0 Å². The summed E-state index contributed by atoms with van der Waals surface area (Å²) in [7, 11) is 0. The van der Waals surface area contributed by atoms with Gasteiger partial charge < -0.3 is 0 Å². The summed E-state index contributed by atoms with van der Waals surface area (Å²) >= 11 is 2.02. The van der Waals surface area contributed by atoms with Crippen LogP contribution in [0.1, 0.15) is 105 Å². The average molecular weight is 841 g/mol. The van der Waals surface area contributed by atoms with Crippen molar-refractivity contribution in [3.8, 4) is 0 Å². The molecule has 0 radical (unpaired) electrons. The molecule has 2 aliphatic heterocycles. The highest BCUT2D eigenvalue weighted by Gasteiger charge is 2.44. The average Bonchev–Trinajstić information content (AvgIpc) is 4.02. The lowest BCUT2D eigenvalue weighted by Gasteiger charge is -2.27. The molecule has 4 nitrogen and oxygen atoms in total. The number of hydrogen-bond donors (Lipinski definition) is 0. The van der Waals surface area contributed by atoms with Crippen LogP contribution in [0, 0.1) is 17.8 Å². The van der Waals surface area contributed by atoms with Crippen LogP contribution in [0.4, 0.5) is 0 Å². The topological polar surface area (TPSA) is 42.0 Å². The highest BCUT2D eigenvalue weighted by atomic mass is 32.2. The summed E-state index contributed by atoms with van der Waals surface area (Å²) in [5, 5.41) is 2.59. The number of rotatable bonds is 7. The Kier molecular flexibility index (Phi) is 10.6. The molecule has 3 aromatic carbocycles. The molecule has 0 saturated carbocycles. The quantitative estimate of drug-likeness (QED) is 0.104. The van der Waals surface area contributed by atoms with Gasteiger partial charge in [0.1, 0.15) is 11.7 Å². The molecule has 11 rings (SSSR count). The van der Waals surface area contributed by atoms with Crippen LogP contribution in [0.2, 0.25) is 0 Å². The van der Waals surface area contributed by atoms with Gasteiger partial charge in [-0.15, -0.1) is 11.8 Å². The molecule has 0 spiro atoms. The van der Waals surface area contributed by atoms with E-state index < -0.39 is 0 Å². The molecule has 63 heavy (non-hydrogen) atoms. The van der Waals surface area contributed by atoms with Gasteiger partial charge in [-0.2, -0.15) is 0 Å². The summed E-state index contributed by atoms with van der Waals surface area (Å²) in [5.74, 6) is 2.75. The fourth-order valence-electron chi connectivity index (χ4n) is 11.0. The van der Waals surface area contributed by atoms with Crippen LogP contribution in [0.5, 0.6) is 0 Å². The third-order valence-corrected chi connectivity index (χ3v) is 15.9. The van der Waals surface area contributed by atoms with E-state index in [0.29, 0.717) is 11.8 Å². The minimum atomic E-state index is -0.176. The van der Waals surface area contributed by atoms with E-state index in [1.165, 1.54) is 54.5 Å². The number of thioether (sulfide) groups is 1. The maximum Gasteiger partial charge on any atom is 0.139 e. The van der Waals surface area contributed by atoms with E-state index in [1.54, 1.807) is 0 Å². The molecule has 7 aliphatic rings. The third kappa shape index (κ3) is 7.42. The zero-order valence-corrected chi connectivity index (χ0v) is 37.4. The predicted molar refractivity (Wildman–Crippen MR) is 269 cm³/mol. The summed E-state index contributed by atoms with van der Waals surface area (Å²) in [5.41, 5.74) is 11.1. The standard InChI is InChI=1S/C58H56N4S/c1-38(40-20-8-4-9-21-40)59-56(60-39(2)41-22-10-5-11-23-41)49-37-51(46-35-44(42-24-12-6-13-25-42)34-45(36-46)43-26-14-7-15-27-43)61-57(49)62-52-30-17-16-28-48(52)54-53(62)32-31-47-50-29-18-19-33-58(50,3)63-55(47)54/h5-8,10-14,16-20,22,24,26,28-36,40-42,49-51H,1,4,9,15,21,23,25,27,37H2,2-3H3. The van der Waals surface area contributed by atoms with Gasteiger partial charge in [0.2, 0.25) is 0 Å². The molecular formula is C58H56N4S. The third-order valence-electron chi connectivity index (χ3n) is 14.4. The first-order chi connectivity index (χ1) is 30.9. The molecule has 7 unspecified atom stereocenters. The maximum absolute atomic E-state index is 5.96. The molecule has 0 amide bonds. The first-order valence-electron chi connectivity index (χ1n) is 23.3. The molecule has 0 fully saturated rings. The second kappa shape index (κ2) is 16.7. The number of benzene rings is 3. The Labute approximate surface area is 377 Å². The van der Waals surface area contributed by atoms with E-state index in [9.17, 15) is 0 Å². The Morgan fingerprint density at radius 2 is 1.67 bits per heavy atom. The normalized spacial score (nSPS) is 28.5. The van der Waals surface area contributed by atoms with E-state index in [4.69, 9.17) is 15.0 Å². The van der Waals surface area contributed by atoms with Gasteiger partial charge in [-0.05, 0) is 111 Å². The second-order valence-electron chi connectivity index (χ2n) is 18.6. The Morgan fingerprint density at radius 3 is 2.48 bits per heavy atom. The van der Waals surface area contributed by atoms with Crippen LogP contribution in [0.3, 0.4) is 0 Å². The predicted octanol–water partition coefficient (Wildman–Crippen LogP) is 15.1. The van der Waals surface area contributed by atoms with E-state index in [2.05, 4.69) is 183 Å². The van der Waals surface area contributed by atoms with Gasteiger partial charge in [0.15, 0.2) is 0 Å². The maximum atomic E-state index is 5.96. The van der Waals surface area contributed by atoms with Gasteiger partial charge in [-0.1, -0.05) is 146 Å². The van der Waals surface area contributed by atoms with Crippen LogP contribution in [-0.4, -0.2) is 26.7 Å². The summed E-state index contributed by atoms with van der Waals surface area (Å²) in [6, 6.07) is 21.0. The lowest BCUT2D eigenvalue weighted by molar-refractivity contribution is 0.600. The van der Waals surface area contributed by atoms with Gasteiger partial charge in [0.25, 0.3) is 0 Å². The van der Waals surface area contributed by atoms with Crippen molar-refractivity contribution >= 4 is 56.5 Å². The molecule has 0 bridgehead atoms. The summed E-state index contributed by atoms with van der Waals surface area (Å²) in [6.07, 6.45) is 46.7. The highest BCUT2D eigenvalue weighted by molar-refractivity contribution is 8.01. The van der Waals surface area contributed by atoms with Crippen LogP contribution in [0.15, 0.2) is 190 Å². The van der Waals surface area contributed by atoms with E-state index in [-0.39, 0.29) is 28.5 Å². The zero-order valence-electron chi connectivity index (χ0n) is 36.5. The Hall–Kier alpha value is -5.78. The zero-order chi connectivity index (χ0) is 42.5. The van der Waals surface area contributed by atoms with Crippen LogP contribution in [0.25, 0.3) is 27.4 Å². The molecule has 0 N–H and O–H groups in total. The van der Waals surface area contributed by atoms with Crippen molar-refractivity contribution in [2.75, 3.05) is 0 Å². The number of hydrogen-bond acceptors (Lipinski definition) is 3. The number of amidine groups is 1. The smallest absolute Gasteiger partial charge is 0.139 e. The van der Waals surface area contributed by atoms with Crippen molar-refractivity contribution in [2.24, 2.45) is 32.7 Å². The van der Waals surface area contributed by atoms with Crippen molar-refractivity contribution in [3.63, 3.8) is 0 Å². The van der Waals surface area contributed by atoms with Gasteiger partial charge in [-0.25, -0.2) is 9.98 Å². The Morgan fingerprint density at radius 1 is 0.810 bits per heavy atom. The SMILES string of the molecule is C=C(N=C(N=C(C)C1C=CC=CC1)C1CC(c2cc(C3=CC=CCC3)cc(C3C=CC=CC3)c2)N=C1n1c2ccccc2c2c3c(ccc21)C1C=CC=CC1(C)S3)C1C=CCCC1. The number of para-hydroxylation sites is 1. The van der Waals surface area contributed by atoms with Crippen molar-refractivity contribution in [3.05, 3.63) is 192 Å². The number of aliphatic imine (C=N–C) groups is 3. The molecule has 5 heteroatoms. The first kappa shape index (κ1) is 40.0. The minimum Gasteiger partial charge on any atom is -0.297 e.